The average Bonchev–Trinajstić information content (AvgIpc) is 0.805. The molecule has 4 saturated heterocycles. The lowest BCUT2D eigenvalue weighted by molar-refractivity contribution is -0.328. The minimum atomic E-state index is -1.81. The van der Waals surface area contributed by atoms with E-state index in [9.17, 15) is 62.3 Å². The van der Waals surface area contributed by atoms with Crippen LogP contribution in [0.1, 0.15) is 103 Å². The second kappa shape index (κ2) is 40.2. The Balaban J connectivity index is 1.65. The molecule has 0 bridgehead atoms. The number of amides is 2. The Kier molecular flexibility index (Phi) is 34.2. The number of nitrogens with one attached hydrogen (secondary N) is 2. The van der Waals surface area contributed by atoms with Gasteiger partial charge >= 0.3 is 65.7 Å². The van der Waals surface area contributed by atoms with Crippen LogP contribution >= 0.6 is 0 Å². The summed E-state index contributed by atoms with van der Waals surface area (Å²) >= 11 is 0. The van der Waals surface area contributed by atoms with E-state index in [-0.39, 0.29) is 45.9 Å². The number of rotatable bonds is 35. The Hall–Kier alpha value is -7.07. The first-order valence-electron chi connectivity index (χ1n) is 31.6. The number of hydrogen-bond donors (Lipinski definition) is 2. The molecule has 4 aliphatic rings. The fraction of sp³-hybridized carbons (Fsp3) is 0.787. The zero-order valence-corrected chi connectivity index (χ0v) is 58.9. The van der Waals surface area contributed by atoms with Crippen LogP contribution in [0.4, 0.5) is 0 Å². The van der Waals surface area contributed by atoms with Crippen molar-refractivity contribution in [3.05, 3.63) is 0 Å². The van der Waals surface area contributed by atoms with Crippen LogP contribution in [0.2, 0.25) is 25.7 Å². The van der Waals surface area contributed by atoms with Crippen LogP contribution in [0.3, 0.4) is 0 Å². The van der Waals surface area contributed by atoms with Crippen LogP contribution in [0, 0.1) is 0 Å². The molecular formula is C61H94N2O34Si. The molecule has 37 heteroatoms. The van der Waals surface area contributed by atoms with E-state index >= 15 is 0 Å². The van der Waals surface area contributed by atoms with E-state index in [1.165, 1.54) is 6.92 Å². The molecule has 98 heavy (non-hydrogen) atoms. The highest BCUT2D eigenvalue weighted by Gasteiger charge is 2.57. The maximum Gasteiger partial charge on any atom is 0.303 e. The Morgan fingerprint density at radius 1 is 0.286 bits per heavy atom. The highest BCUT2D eigenvalue weighted by Crippen LogP contribution is 2.35. The van der Waals surface area contributed by atoms with Crippen molar-refractivity contribution in [2.45, 2.75) is 251 Å². The minimum absolute atomic E-state index is 0.0419. The van der Waals surface area contributed by atoms with Crippen molar-refractivity contribution in [2.75, 3.05) is 59.5 Å². The smallest absolute Gasteiger partial charge is 0.303 e. The van der Waals surface area contributed by atoms with Gasteiger partial charge in [0.05, 0.1) is 19.8 Å². The standard InChI is InChI=1S/C61H94N2O34Si/c1-29(64)62-46-52(88-36(8)71)50(86-34(6)69)44(27-84-33(5)68)94-58(46)79-21-18-20-78-49-43(26-83-32(4)67)97-61(57(93-41(13)76)55(49)91-39(11)74)85-28-45-51(87-35(7)70)53(89-37(9)72)47(63-30(2)65)59(95-45)80-22-17-19-77-48-42(25-82-31(3)66)96-60(81-23-24-98(14,15)16)56(92-40(12)75)54(48)90-38(10)73/h42-61H,17-28H2,1-16H3,(H,62,64)(H,63,65)/t42-,43-,44-,45-,46-,47-,48-,49-,50-,51-,52-,53-,54+,55+,56-,57-,58-,59-,60-,61-/m1/s1. The van der Waals surface area contributed by atoms with Gasteiger partial charge in [-0.05, 0) is 18.9 Å². The summed E-state index contributed by atoms with van der Waals surface area (Å²) in [6, 6.07) is -2.09. The van der Waals surface area contributed by atoms with Crippen molar-refractivity contribution >= 4 is 85.6 Å². The van der Waals surface area contributed by atoms with Gasteiger partial charge in [0.25, 0.3) is 0 Å². The third-order valence-corrected chi connectivity index (χ3v) is 16.0. The largest absolute Gasteiger partial charge is 0.463 e. The average molecular weight is 1430 g/mol. The quantitative estimate of drug-likeness (QED) is 0.0365. The van der Waals surface area contributed by atoms with Gasteiger partial charge in [0.1, 0.15) is 68.5 Å². The second-order valence-electron chi connectivity index (χ2n) is 24.3. The normalized spacial score (nSPS) is 29.9. The molecule has 0 unspecified atom stereocenters. The monoisotopic (exact) mass is 1430 g/mol. The van der Waals surface area contributed by atoms with Gasteiger partial charge in [-0.25, -0.2) is 0 Å². The van der Waals surface area contributed by atoms with Crippen LogP contribution in [0.25, 0.3) is 0 Å². The molecule has 20 atom stereocenters. The minimum Gasteiger partial charge on any atom is -0.463 e. The Morgan fingerprint density at radius 2 is 0.551 bits per heavy atom. The molecule has 4 fully saturated rings. The van der Waals surface area contributed by atoms with E-state index in [4.69, 9.17) is 99.5 Å². The van der Waals surface area contributed by atoms with E-state index in [0.717, 1.165) is 83.1 Å². The molecule has 2 amide bonds. The molecule has 556 valence electrons. The molecule has 0 aromatic rings. The molecule has 0 saturated carbocycles. The Bertz CT molecular complexity index is 2730. The molecule has 0 radical (unpaired) electrons. The van der Waals surface area contributed by atoms with Gasteiger partial charge in [-0.3, -0.25) is 62.3 Å². The second-order valence-corrected chi connectivity index (χ2v) is 29.9. The molecule has 0 aliphatic carbocycles. The summed E-state index contributed by atoms with van der Waals surface area (Å²) in [4.78, 5) is 164. The molecular weight excluding hydrogens is 1330 g/mol. The van der Waals surface area contributed by atoms with Crippen LogP contribution < -0.4 is 10.6 Å². The predicted octanol–water partition coefficient (Wildman–Crippen LogP) is -0.00650. The first-order valence-corrected chi connectivity index (χ1v) is 35.3. The Morgan fingerprint density at radius 3 is 0.867 bits per heavy atom. The summed E-state index contributed by atoms with van der Waals surface area (Å²) in [5.41, 5.74) is 0. The van der Waals surface area contributed by atoms with E-state index in [0.29, 0.717) is 6.04 Å². The van der Waals surface area contributed by atoms with Gasteiger partial charge < -0.3 is 110 Å². The van der Waals surface area contributed by atoms with Gasteiger partial charge in [0.15, 0.2) is 74.0 Å². The van der Waals surface area contributed by atoms with Crippen LogP contribution in [0.5, 0.6) is 0 Å². The molecule has 2 N–H and O–H groups in total. The van der Waals surface area contributed by atoms with Gasteiger partial charge in [0.2, 0.25) is 11.8 Å². The van der Waals surface area contributed by atoms with Gasteiger partial charge in [0, 0.05) is 118 Å². The van der Waals surface area contributed by atoms with Crippen molar-refractivity contribution in [1.82, 2.24) is 10.6 Å². The molecule has 0 aromatic heterocycles. The first kappa shape index (κ1) is 83.3. The van der Waals surface area contributed by atoms with Crippen LogP contribution in [-0.2, 0) is 162 Å². The summed E-state index contributed by atoms with van der Waals surface area (Å²) in [5, 5.41) is 5.21. The predicted molar refractivity (Wildman–Crippen MR) is 325 cm³/mol. The van der Waals surface area contributed by atoms with Crippen molar-refractivity contribution < 1.29 is 162 Å². The third-order valence-electron chi connectivity index (χ3n) is 14.3. The number of ether oxygens (including phenoxy) is 21. The third kappa shape index (κ3) is 28.3. The summed E-state index contributed by atoms with van der Waals surface area (Å²) < 4.78 is 123. The maximum atomic E-state index is 13.0. The lowest BCUT2D eigenvalue weighted by Gasteiger charge is -2.47. The molecule has 4 rings (SSSR count). The lowest BCUT2D eigenvalue weighted by Crippen LogP contribution is -2.67. The maximum absolute atomic E-state index is 13.0. The Labute approximate surface area is 567 Å². The molecule has 4 heterocycles. The molecule has 0 spiro atoms. The van der Waals surface area contributed by atoms with Crippen LogP contribution in [-0.4, -0.2) is 268 Å². The van der Waals surface area contributed by atoms with E-state index in [1.54, 1.807) is 0 Å². The highest BCUT2D eigenvalue weighted by molar-refractivity contribution is 6.76. The summed E-state index contributed by atoms with van der Waals surface area (Å²) in [7, 11) is -1.67. The van der Waals surface area contributed by atoms with Gasteiger partial charge in [-0.15, -0.1) is 0 Å². The topological polar surface area (TPSA) is 440 Å². The van der Waals surface area contributed by atoms with Crippen molar-refractivity contribution in [3.8, 4) is 0 Å². The number of esters is 11. The summed E-state index contributed by atoms with van der Waals surface area (Å²) in [6.45, 7) is 17.3. The fourth-order valence-corrected chi connectivity index (χ4v) is 11.4. The molecule has 36 nitrogen and oxygen atoms in total. The highest BCUT2D eigenvalue weighted by atomic mass is 28.3. The van der Waals surface area contributed by atoms with Gasteiger partial charge in [-0.1, -0.05) is 19.6 Å². The van der Waals surface area contributed by atoms with Crippen molar-refractivity contribution in [2.24, 2.45) is 0 Å². The zero-order valence-electron chi connectivity index (χ0n) is 57.9. The lowest BCUT2D eigenvalue weighted by atomic mass is 9.95. The number of carbonyl (C=O) groups is 13. The zero-order chi connectivity index (χ0) is 73.3. The van der Waals surface area contributed by atoms with Crippen molar-refractivity contribution in [1.29, 1.82) is 0 Å². The fourth-order valence-electron chi connectivity index (χ4n) is 10.7. The summed E-state index contributed by atoms with van der Waals surface area (Å²) in [5.74, 6) is -10.5. The van der Waals surface area contributed by atoms with Gasteiger partial charge in [-0.2, -0.15) is 0 Å². The van der Waals surface area contributed by atoms with E-state index in [1.807, 2.05) is 0 Å². The number of hydrogen-bond acceptors (Lipinski definition) is 34. The first-order chi connectivity index (χ1) is 45.9. The molecule has 4 aliphatic heterocycles. The van der Waals surface area contributed by atoms with E-state index < -0.39 is 235 Å². The van der Waals surface area contributed by atoms with Crippen LogP contribution in [0.15, 0.2) is 0 Å². The molecule has 0 aromatic carbocycles. The number of carbonyl (C=O) groups excluding carboxylic acids is 13. The summed E-state index contributed by atoms with van der Waals surface area (Å²) in [6.07, 6.45) is -26.7. The van der Waals surface area contributed by atoms with Crippen molar-refractivity contribution in [3.63, 3.8) is 0 Å². The van der Waals surface area contributed by atoms with E-state index in [2.05, 4.69) is 30.3 Å². The SMILES string of the molecule is CC(=O)N[C@H]1[C@H](OCCCO[C@H]2[C@H](OC(C)=O)[C@@H](OC(C)=O)[C@H](OC[C@H]3O[C@@H](OCCCO[C@H]4[C@H](OC(C)=O)[C@@H](OC(C)=O)[C@H](OCC[Si](C)(C)C)O[C@@H]4COC(C)=O)[C@H](NC(C)=O)[C@@H](OC(C)=O)[C@@H]3OC(C)=O)O[C@@H]2COC(C)=O)O[C@H](COC(C)=O)[C@@H](OC(C)=O)[C@@H]1OC(C)=O.